The fourth-order valence-electron chi connectivity index (χ4n) is 3.73. The van der Waals surface area contributed by atoms with Crippen molar-refractivity contribution in [2.75, 3.05) is 7.11 Å². The zero-order valence-corrected chi connectivity index (χ0v) is 16.5. The molecular formula is C24H23FO4. The summed E-state index contributed by atoms with van der Waals surface area (Å²) in [7, 11) is 1.62. The number of ether oxygens (including phenoxy) is 2. The summed E-state index contributed by atoms with van der Waals surface area (Å²) in [4.78, 5) is 12.6. The first-order valence-electron chi connectivity index (χ1n) is 9.81. The van der Waals surface area contributed by atoms with E-state index in [0.717, 1.165) is 18.4 Å². The molecular weight excluding hydrogens is 371 g/mol. The summed E-state index contributed by atoms with van der Waals surface area (Å²) >= 11 is 0. The summed E-state index contributed by atoms with van der Waals surface area (Å²) in [5.74, 6) is 1.34. The molecule has 5 heteroatoms. The third-order valence-electron chi connectivity index (χ3n) is 5.35. The monoisotopic (exact) mass is 394 g/mol. The molecule has 0 bridgehead atoms. The van der Waals surface area contributed by atoms with Crippen molar-refractivity contribution in [3.05, 3.63) is 69.3 Å². The van der Waals surface area contributed by atoms with E-state index in [1.54, 1.807) is 20.1 Å². The van der Waals surface area contributed by atoms with Crippen LogP contribution < -0.4 is 14.9 Å². The summed E-state index contributed by atoms with van der Waals surface area (Å²) in [5, 5.41) is 0.242. The van der Waals surface area contributed by atoms with Crippen molar-refractivity contribution in [1.82, 2.24) is 0 Å². The Balaban J connectivity index is 1.73. The van der Waals surface area contributed by atoms with Crippen LogP contribution in [0.4, 0.5) is 4.39 Å². The van der Waals surface area contributed by atoms with E-state index in [0.29, 0.717) is 28.4 Å². The number of hydrogen-bond acceptors (Lipinski definition) is 4. The van der Waals surface area contributed by atoms with Gasteiger partial charge in [-0.05, 0) is 69.0 Å². The van der Waals surface area contributed by atoms with E-state index in [1.807, 2.05) is 24.3 Å². The predicted molar refractivity (Wildman–Crippen MR) is 112 cm³/mol. The van der Waals surface area contributed by atoms with Gasteiger partial charge in [0.25, 0.3) is 0 Å². The Bertz CT molecular complexity index is 1120. The molecule has 2 aromatic carbocycles. The van der Waals surface area contributed by atoms with E-state index in [2.05, 4.69) is 0 Å². The zero-order valence-electron chi connectivity index (χ0n) is 16.5. The lowest BCUT2D eigenvalue weighted by Crippen LogP contribution is -2.12. The van der Waals surface area contributed by atoms with Gasteiger partial charge in [0.1, 0.15) is 17.2 Å². The van der Waals surface area contributed by atoms with Gasteiger partial charge >= 0.3 is 0 Å². The van der Waals surface area contributed by atoms with Gasteiger partial charge in [0, 0.05) is 11.1 Å². The minimum Gasteiger partial charge on any atom is -0.493 e. The Morgan fingerprint density at radius 1 is 1.14 bits per heavy atom. The van der Waals surface area contributed by atoms with Crippen molar-refractivity contribution in [2.45, 2.75) is 38.7 Å². The second kappa shape index (κ2) is 8.11. The number of fused-ring (bicyclic) bond motifs is 1. The second-order valence-corrected chi connectivity index (χ2v) is 7.30. The highest BCUT2D eigenvalue weighted by Gasteiger charge is 2.20. The summed E-state index contributed by atoms with van der Waals surface area (Å²) in [5.41, 5.74) is 1.39. The van der Waals surface area contributed by atoms with E-state index >= 15 is 0 Å². The maximum Gasteiger partial charge on any atom is 0.196 e. The first-order chi connectivity index (χ1) is 14.1. The predicted octanol–water partition coefficient (Wildman–Crippen LogP) is 5.74. The fourth-order valence-corrected chi connectivity index (χ4v) is 3.73. The van der Waals surface area contributed by atoms with Crippen molar-refractivity contribution < 1.29 is 18.3 Å². The number of rotatable bonds is 5. The minimum absolute atomic E-state index is 0.189. The summed E-state index contributed by atoms with van der Waals surface area (Å²) in [6.07, 6.45) is 8.21. The van der Waals surface area contributed by atoms with Crippen LogP contribution >= 0.6 is 0 Å². The van der Waals surface area contributed by atoms with Gasteiger partial charge in [-0.15, -0.1) is 0 Å². The van der Waals surface area contributed by atoms with E-state index < -0.39 is 5.82 Å². The molecule has 0 atom stereocenters. The molecule has 4 rings (SSSR count). The van der Waals surface area contributed by atoms with Crippen LogP contribution in [0, 0.1) is 12.7 Å². The lowest BCUT2D eigenvalue weighted by atomic mass is 10.1. The van der Waals surface area contributed by atoms with Crippen molar-refractivity contribution in [3.63, 3.8) is 0 Å². The quantitative estimate of drug-likeness (QED) is 0.554. The first-order valence-corrected chi connectivity index (χ1v) is 9.81. The lowest BCUT2D eigenvalue weighted by Gasteiger charge is -2.18. The van der Waals surface area contributed by atoms with Gasteiger partial charge in [0.15, 0.2) is 16.9 Å². The lowest BCUT2D eigenvalue weighted by molar-refractivity contribution is 0.200. The van der Waals surface area contributed by atoms with Crippen LogP contribution in [0.2, 0.25) is 0 Å². The van der Waals surface area contributed by atoms with E-state index in [-0.39, 0.29) is 16.9 Å². The highest BCUT2D eigenvalue weighted by molar-refractivity contribution is 5.80. The number of hydrogen-bond donors (Lipinski definition) is 0. The molecule has 3 aromatic rings. The number of para-hydroxylation sites is 1. The Hall–Kier alpha value is -3.08. The van der Waals surface area contributed by atoms with Gasteiger partial charge in [0.05, 0.1) is 18.6 Å². The smallest absolute Gasteiger partial charge is 0.196 e. The molecule has 1 aliphatic rings. The summed E-state index contributed by atoms with van der Waals surface area (Å²) in [6, 6.07) is 9.67. The van der Waals surface area contributed by atoms with Gasteiger partial charge in [-0.1, -0.05) is 12.1 Å². The fraction of sp³-hybridized carbons (Fsp3) is 0.292. The molecule has 4 nitrogen and oxygen atoms in total. The van der Waals surface area contributed by atoms with E-state index in [9.17, 15) is 9.18 Å². The van der Waals surface area contributed by atoms with Crippen LogP contribution in [0.1, 0.15) is 42.6 Å². The molecule has 0 radical (unpaired) electrons. The van der Waals surface area contributed by atoms with Gasteiger partial charge in [-0.3, -0.25) is 4.79 Å². The first kappa shape index (κ1) is 19.2. The SMILES string of the molecule is COc1cccc(/C=C/c2oc3ccc(F)cc3c(=O)c2C)c1OC1CCCC1. The maximum absolute atomic E-state index is 13.5. The molecule has 0 saturated heterocycles. The van der Waals surface area contributed by atoms with Crippen LogP contribution in [0.25, 0.3) is 23.1 Å². The molecule has 0 spiro atoms. The molecule has 0 amide bonds. The van der Waals surface area contributed by atoms with Crippen molar-refractivity contribution >= 4 is 23.1 Å². The Morgan fingerprint density at radius 2 is 1.93 bits per heavy atom. The second-order valence-electron chi connectivity index (χ2n) is 7.30. The van der Waals surface area contributed by atoms with Gasteiger partial charge < -0.3 is 13.9 Å². The minimum atomic E-state index is -0.461. The third kappa shape index (κ3) is 3.90. The third-order valence-corrected chi connectivity index (χ3v) is 5.35. The van der Waals surface area contributed by atoms with Gasteiger partial charge in [0.2, 0.25) is 0 Å². The van der Waals surface area contributed by atoms with E-state index in [1.165, 1.54) is 31.0 Å². The highest BCUT2D eigenvalue weighted by Crippen LogP contribution is 2.36. The largest absolute Gasteiger partial charge is 0.493 e. The van der Waals surface area contributed by atoms with Gasteiger partial charge in [-0.25, -0.2) is 4.39 Å². The Labute approximate surface area is 168 Å². The normalized spacial score (nSPS) is 14.7. The molecule has 1 fully saturated rings. The summed E-state index contributed by atoms with van der Waals surface area (Å²) in [6.45, 7) is 1.68. The van der Waals surface area contributed by atoms with Crippen LogP contribution in [0.5, 0.6) is 11.5 Å². The van der Waals surface area contributed by atoms with Crippen LogP contribution in [-0.2, 0) is 0 Å². The van der Waals surface area contributed by atoms with Crippen molar-refractivity contribution in [1.29, 1.82) is 0 Å². The molecule has 1 aromatic heterocycles. The zero-order chi connectivity index (χ0) is 20.4. The molecule has 0 N–H and O–H groups in total. The number of benzene rings is 2. The average Bonchev–Trinajstić information content (AvgIpc) is 3.24. The number of halogens is 1. The van der Waals surface area contributed by atoms with Crippen LogP contribution in [0.15, 0.2) is 45.6 Å². The maximum atomic E-state index is 13.5. The van der Waals surface area contributed by atoms with Crippen LogP contribution in [-0.4, -0.2) is 13.2 Å². The highest BCUT2D eigenvalue weighted by atomic mass is 19.1. The summed E-state index contributed by atoms with van der Waals surface area (Å²) < 4.78 is 31.1. The Morgan fingerprint density at radius 3 is 2.69 bits per heavy atom. The van der Waals surface area contributed by atoms with Crippen molar-refractivity contribution in [2.24, 2.45) is 0 Å². The van der Waals surface area contributed by atoms with Crippen LogP contribution in [0.3, 0.4) is 0 Å². The molecule has 1 saturated carbocycles. The standard InChI is InChI=1S/C24H23FO4/c1-15-20(29-21-13-11-17(25)14-19(21)23(15)26)12-10-16-6-5-9-22(27-2)24(16)28-18-7-3-4-8-18/h5-6,9-14,18H,3-4,7-8H2,1-2H3/b12-10+. The molecule has 1 aliphatic carbocycles. The molecule has 0 aliphatic heterocycles. The van der Waals surface area contributed by atoms with E-state index in [4.69, 9.17) is 13.9 Å². The number of methoxy groups -OCH3 is 1. The van der Waals surface area contributed by atoms with Crippen molar-refractivity contribution in [3.8, 4) is 11.5 Å². The average molecular weight is 394 g/mol. The Kier molecular flexibility index (Phi) is 5.38. The molecule has 29 heavy (non-hydrogen) atoms. The molecule has 0 unspecified atom stereocenters. The topological polar surface area (TPSA) is 48.7 Å². The molecule has 1 heterocycles. The van der Waals surface area contributed by atoms with Gasteiger partial charge in [-0.2, -0.15) is 0 Å². The molecule has 150 valence electrons.